The van der Waals surface area contributed by atoms with Gasteiger partial charge in [-0.15, -0.1) is 0 Å². The molecule has 0 radical (unpaired) electrons. The van der Waals surface area contributed by atoms with Crippen LogP contribution in [0.4, 0.5) is 10.1 Å². The summed E-state index contributed by atoms with van der Waals surface area (Å²) >= 11 is 3.47. The van der Waals surface area contributed by atoms with Gasteiger partial charge in [0.1, 0.15) is 11.6 Å². The predicted molar refractivity (Wildman–Crippen MR) is 149 cm³/mol. The summed E-state index contributed by atoms with van der Waals surface area (Å²) in [6.07, 6.45) is 0. The summed E-state index contributed by atoms with van der Waals surface area (Å²) in [6, 6.07) is 25.8. The molecule has 0 aliphatic carbocycles. The molecule has 2 atom stereocenters. The summed E-state index contributed by atoms with van der Waals surface area (Å²) in [6.45, 7) is 2.14. The van der Waals surface area contributed by atoms with Gasteiger partial charge in [0.25, 0.3) is 5.91 Å². The van der Waals surface area contributed by atoms with Gasteiger partial charge in [-0.05, 0) is 77.7 Å². The molecular weight excluding hydrogens is 547 g/mol. The number of halogens is 2. The third-order valence-corrected chi connectivity index (χ3v) is 7.38. The van der Waals surface area contributed by atoms with Crippen LogP contribution in [0.3, 0.4) is 0 Å². The van der Waals surface area contributed by atoms with E-state index in [0.29, 0.717) is 22.6 Å². The van der Waals surface area contributed by atoms with E-state index in [1.807, 2.05) is 61.5 Å². The first-order chi connectivity index (χ1) is 18.4. The highest BCUT2D eigenvalue weighted by Crippen LogP contribution is 2.44. The number of amides is 2. The lowest BCUT2D eigenvalue weighted by Crippen LogP contribution is -2.45. The van der Waals surface area contributed by atoms with Gasteiger partial charge in [0.15, 0.2) is 0 Å². The summed E-state index contributed by atoms with van der Waals surface area (Å²) in [5, 5.41) is 3.11. The molecule has 0 aromatic heterocycles. The summed E-state index contributed by atoms with van der Waals surface area (Å²) in [7, 11) is 1.59. The summed E-state index contributed by atoms with van der Waals surface area (Å²) in [5.74, 6) is -0.776. The fourth-order valence-corrected chi connectivity index (χ4v) is 5.46. The van der Waals surface area contributed by atoms with Crippen LogP contribution >= 0.6 is 15.9 Å². The molecule has 1 N–H and O–H groups in total. The number of aryl methyl sites for hydroxylation is 1. The molecule has 0 saturated carbocycles. The van der Waals surface area contributed by atoms with Gasteiger partial charge in [0, 0.05) is 22.3 Å². The molecule has 5 nitrogen and oxygen atoms in total. The number of nitrogens with zero attached hydrogens (tertiary/aromatic N) is 1. The lowest BCUT2D eigenvalue weighted by atomic mass is 9.79. The molecular formula is C31H26BrFN2O3. The number of hydrogen-bond acceptors (Lipinski definition) is 3. The smallest absolute Gasteiger partial charge is 0.255 e. The molecule has 4 aromatic rings. The van der Waals surface area contributed by atoms with Crippen LogP contribution in [0.5, 0.6) is 5.75 Å². The lowest BCUT2D eigenvalue weighted by molar-refractivity contribution is -0.119. The predicted octanol–water partition coefficient (Wildman–Crippen LogP) is 7.02. The molecule has 1 aliphatic heterocycles. The minimum absolute atomic E-state index is 0.186. The Bertz CT molecular complexity index is 1490. The van der Waals surface area contributed by atoms with Crippen molar-refractivity contribution in [2.75, 3.05) is 12.4 Å². The largest absolute Gasteiger partial charge is 0.497 e. The van der Waals surface area contributed by atoms with Crippen LogP contribution in [-0.4, -0.2) is 23.8 Å². The topological polar surface area (TPSA) is 58.6 Å². The number of fused-ring (bicyclic) bond motifs is 1. The SMILES string of the molecule is COc1ccc([C@@H]2[C@@H](C(=O)Nc3ccc(Br)cc3C)c3ccccc3C(=O)N2Cc2ccc(F)cc2)cc1. The first-order valence-corrected chi connectivity index (χ1v) is 13.0. The second kappa shape index (κ2) is 10.8. The van der Waals surface area contributed by atoms with E-state index >= 15 is 0 Å². The number of benzene rings is 4. The van der Waals surface area contributed by atoms with Gasteiger partial charge < -0.3 is 15.0 Å². The van der Waals surface area contributed by atoms with E-state index in [9.17, 15) is 14.0 Å². The molecule has 0 unspecified atom stereocenters. The standard InChI is InChI=1S/C31H26BrFN2O3/c1-19-17-22(32)11-16-27(19)34-30(36)28-25-5-3-4-6-26(25)31(37)35(18-20-7-12-23(33)13-8-20)29(28)21-9-14-24(38-2)15-10-21/h3-17,28-29H,18H2,1-2H3,(H,34,36)/t28-,29+/m0/s1. The first kappa shape index (κ1) is 25.7. The zero-order chi connectivity index (χ0) is 26.8. The zero-order valence-electron chi connectivity index (χ0n) is 20.9. The Kier molecular flexibility index (Phi) is 7.29. The molecule has 0 fully saturated rings. The number of nitrogens with one attached hydrogen (secondary N) is 1. The van der Waals surface area contributed by atoms with Crippen molar-refractivity contribution in [3.05, 3.63) is 129 Å². The fraction of sp³-hybridized carbons (Fsp3) is 0.161. The Hall–Kier alpha value is -3.97. The van der Waals surface area contributed by atoms with Gasteiger partial charge in [-0.1, -0.05) is 58.4 Å². The Balaban J connectivity index is 1.64. The molecule has 1 aliphatic rings. The molecule has 4 aromatic carbocycles. The quantitative estimate of drug-likeness (QED) is 0.270. The maximum absolute atomic E-state index is 14.1. The summed E-state index contributed by atoms with van der Waals surface area (Å²) < 4.78 is 19.9. The van der Waals surface area contributed by atoms with E-state index in [4.69, 9.17) is 4.74 Å². The van der Waals surface area contributed by atoms with Gasteiger partial charge in [0.05, 0.1) is 19.1 Å². The Morgan fingerprint density at radius 2 is 1.71 bits per heavy atom. The second-order valence-corrected chi connectivity index (χ2v) is 10.2. The minimum atomic E-state index is -0.694. The van der Waals surface area contributed by atoms with E-state index in [1.54, 1.807) is 36.3 Å². The number of carbonyl (C=O) groups is 2. The van der Waals surface area contributed by atoms with Crippen LogP contribution in [0.25, 0.3) is 0 Å². The summed E-state index contributed by atoms with van der Waals surface area (Å²) in [4.78, 5) is 29.7. The van der Waals surface area contributed by atoms with Gasteiger partial charge >= 0.3 is 0 Å². The van der Waals surface area contributed by atoms with Crippen LogP contribution in [0, 0.1) is 12.7 Å². The summed E-state index contributed by atoms with van der Waals surface area (Å²) in [5.41, 5.74) is 4.32. The highest BCUT2D eigenvalue weighted by molar-refractivity contribution is 9.10. The Morgan fingerprint density at radius 1 is 1.00 bits per heavy atom. The number of anilines is 1. The van der Waals surface area contributed by atoms with Crippen LogP contribution < -0.4 is 10.1 Å². The number of ether oxygens (including phenoxy) is 1. The van der Waals surface area contributed by atoms with Crippen molar-refractivity contribution in [2.45, 2.75) is 25.4 Å². The molecule has 5 rings (SSSR count). The third-order valence-electron chi connectivity index (χ3n) is 6.89. The molecule has 0 saturated heterocycles. The van der Waals surface area contributed by atoms with Crippen LogP contribution in [0.2, 0.25) is 0 Å². The van der Waals surface area contributed by atoms with Crippen molar-refractivity contribution >= 4 is 33.4 Å². The van der Waals surface area contributed by atoms with Crippen molar-refractivity contribution in [1.82, 2.24) is 4.90 Å². The third kappa shape index (κ3) is 5.07. The van der Waals surface area contributed by atoms with Crippen molar-refractivity contribution in [2.24, 2.45) is 0 Å². The van der Waals surface area contributed by atoms with E-state index < -0.39 is 12.0 Å². The zero-order valence-corrected chi connectivity index (χ0v) is 22.5. The van der Waals surface area contributed by atoms with Crippen molar-refractivity contribution < 1.29 is 18.7 Å². The van der Waals surface area contributed by atoms with Gasteiger partial charge in [-0.25, -0.2) is 4.39 Å². The lowest BCUT2D eigenvalue weighted by Gasteiger charge is -2.42. The van der Waals surface area contributed by atoms with Crippen molar-refractivity contribution in [3.8, 4) is 5.75 Å². The molecule has 2 amide bonds. The minimum Gasteiger partial charge on any atom is -0.497 e. The Morgan fingerprint density at radius 3 is 2.39 bits per heavy atom. The van der Waals surface area contributed by atoms with E-state index in [0.717, 1.165) is 21.2 Å². The first-order valence-electron chi connectivity index (χ1n) is 12.2. The molecule has 0 bridgehead atoms. The van der Waals surface area contributed by atoms with Crippen LogP contribution in [0.1, 0.15) is 44.6 Å². The average molecular weight is 573 g/mol. The molecule has 7 heteroatoms. The molecule has 0 spiro atoms. The maximum atomic E-state index is 14.1. The normalized spacial score (nSPS) is 16.6. The molecule has 192 valence electrons. The van der Waals surface area contributed by atoms with E-state index in [-0.39, 0.29) is 24.2 Å². The average Bonchev–Trinajstić information content (AvgIpc) is 2.93. The van der Waals surface area contributed by atoms with Crippen molar-refractivity contribution in [3.63, 3.8) is 0 Å². The second-order valence-electron chi connectivity index (χ2n) is 9.29. The fourth-order valence-electron chi connectivity index (χ4n) is 4.99. The van der Waals surface area contributed by atoms with Gasteiger partial charge in [-0.2, -0.15) is 0 Å². The highest BCUT2D eigenvalue weighted by Gasteiger charge is 2.44. The number of carbonyl (C=O) groups excluding carboxylic acids is 2. The highest BCUT2D eigenvalue weighted by atomic mass is 79.9. The number of rotatable bonds is 6. The van der Waals surface area contributed by atoms with E-state index in [1.165, 1.54) is 12.1 Å². The number of methoxy groups -OCH3 is 1. The van der Waals surface area contributed by atoms with Gasteiger partial charge in [-0.3, -0.25) is 9.59 Å². The Labute approximate surface area is 229 Å². The molecule has 1 heterocycles. The molecule has 38 heavy (non-hydrogen) atoms. The number of hydrogen-bond donors (Lipinski definition) is 1. The maximum Gasteiger partial charge on any atom is 0.255 e. The van der Waals surface area contributed by atoms with E-state index in [2.05, 4.69) is 21.2 Å². The van der Waals surface area contributed by atoms with Crippen LogP contribution in [0.15, 0.2) is 95.5 Å². The van der Waals surface area contributed by atoms with Gasteiger partial charge in [0.2, 0.25) is 5.91 Å². The van der Waals surface area contributed by atoms with Crippen molar-refractivity contribution in [1.29, 1.82) is 0 Å². The monoisotopic (exact) mass is 572 g/mol. The van der Waals surface area contributed by atoms with Crippen LogP contribution in [-0.2, 0) is 11.3 Å².